The van der Waals surface area contributed by atoms with E-state index < -0.39 is 23.7 Å². The SMILES string of the molecule is CCOc1ccc(/C(O)=C2/C(=O)C(=O)N(Cc3ccc(C(=O)O)cc3)C2c2ccccc2)cc1C(C)(C)C. The van der Waals surface area contributed by atoms with Crippen LogP contribution in [0.1, 0.15) is 66.3 Å². The fourth-order valence-electron chi connectivity index (χ4n) is 4.67. The van der Waals surface area contributed by atoms with Crippen molar-refractivity contribution in [2.24, 2.45) is 0 Å². The lowest BCUT2D eigenvalue weighted by atomic mass is 9.84. The number of aromatic carboxylic acids is 1. The molecule has 196 valence electrons. The summed E-state index contributed by atoms with van der Waals surface area (Å²) in [4.78, 5) is 39.3. The van der Waals surface area contributed by atoms with Gasteiger partial charge in [0.05, 0.1) is 23.8 Å². The van der Waals surface area contributed by atoms with Crippen LogP contribution in [0.4, 0.5) is 0 Å². The summed E-state index contributed by atoms with van der Waals surface area (Å²) in [5.41, 5.74) is 2.46. The largest absolute Gasteiger partial charge is 0.507 e. The number of hydrogen-bond donors (Lipinski definition) is 2. The van der Waals surface area contributed by atoms with Crippen molar-refractivity contribution in [3.05, 3.63) is 106 Å². The Morgan fingerprint density at radius 2 is 1.55 bits per heavy atom. The van der Waals surface area contributed by atoms with Crippen LogP contribution in [0.2, 0.25) is 0 Å². The molecule has 2 N–H and O–H groups in total. The molecule has 0 saturated carbocycles. The number of carboxylic acids is 1. The Labute approximate surface area is 222 Å². The molecule has 38 heavy (non-hydrogen) atoms. The van der Waals surface area contributed by atoms with Gasteiger partial charge in [-0.05, 0) is 53.8 Å². The van der Waals surface area contributed by atoms with Crippen molar-refractivity contribution in [1.82, 2.24) is 4.90 Å². The zero-order valence-corrected chi connectivity index (χ0v) is 21.9. The van der Waals surface area contributed by atoms with Crippen molar-refractivity contribution in [2.75, 3.05) is 6.61 Å². The Morgan fingerprint density at radius 3 is 2.13 bits per heavy atom. The molecule has 1 aliphatic heterocycles. The number of benzene rings is 3. The average Bonchev–Trinajstić information content (AvgIpc) is 3.14. The number of amides is 1. The number of ketones is 1. The summed E-state index contributed by atoms with van der Waals surface area (Å²) >= 11 is 0. The third-order valence-corrected chi connectivity index (χ3v) is 6.57. The topological polar surface area (TPSA) is 104 Å². The molecule has 1 atom stereocenters. The summed E-state index contributed by atoms with van der Waals surface area (Å²) in [6.45, 7) is 8.56. The van der Waals surface area contributed by atoms with E-state index in [-0.39, 0.29) is 28.9 Å². The molecular weight excluding hydrogens is 482 g/mol. The van der Waals surface area contributed by atoms with Gasteiger partial charge in [-0.25, -0.2) is 4.79 Å². The number of carbonyl (C=O) groups is 3. The van der Waals surface area contributed by atoms with Crippen LogP contribution in [-0.2, 0) is 21.5 Å². The molecule has 1 saturated heterocycles. The zero-order chi connectivity index (χ0) is 27.6. The Balaban J connectivity index is 1.83. The van der Waals surface area contributed by atoms with E-state index in [1.165, 1.54) is 17.0 Å². The third-order valence-electron chi connectivity index (χ3n) is 6.57. The fraction of sp³-hybridized carbons (Fsp3) is 0.258. The molecule has 7 heteroatoms. The molecule has 1 heterocycles. The van der Waals surface area contributed by atoms with Gasteiger partial charge in [0.15, 0.2) is 0 Å². The third kappa shape index (κ3) is 5.18. The second-order valence-corrected chi connectivity index (χ2v) is 10.2. The summed E-state index contributed by atoms with van der Waals surface area (Å²) in [7, 11) is 0. The van der Waals surface area contributed by atoms with Gasteiger partial charge in [0.1, 0.15) is 11.5 Å². The van der Waals surface area contributed by atoms with Crippen LogP contribution in [0, 0.1) is 0 Å². The highest BCUT2D eigenvalue weighted by Gasteiger charge is 2.46. The summed E-state index contributed by atoms with van der Waals surface area (Å²) in [5, 5.41) is 20.7. The van der Waals surface area contributed by atoms with Gasteiger partial charge in [-0.2, -0.15) is 0 Å². The summed E-state index contributed by atoms with van der Waals surface area (Å²) in [5.74, 6) is -2.11. The molecule has 0 aromatic heterocycles. The van der Waals surface area contributed by atoms with Crippen molar-refractivity contribution in [3.63, 3.8) is 0 Å². The molecule has 0 aliphatic carbocycles. The minimum atomic E-state index is -1.05. The molecule has 4 rings (SSSR count). The molecule has 1 unspecified atom stereocenters. The number of hydrogen-bond acceptors (Lipinski definition) is 5. The Morgan fingerprint density at radius 1 is 0.921 bits per heavy atom. The first-order chi connectivity index (χ1) is 18.0. The number of aliphatic hydroxyl groups excluding tert-OH is 1. The predicted octanol–water partition coefficient (Wildman–Crippen LogP) is 5.70. The van der Waals surface area contributed by atoms with E-state index in [9.17, 15) is 24.6 Å². The molecule has 0 bridgehead atoms. The number of carboxylic acid groups (broad SMARTS) is 1. The lowest BCUT2D eigenvalue weighted by Gasteiger charge is -2.26. The van der Waals surface area contributed by atoms with Gasteiger partial charge in [-0.1, -0.05) is 63.2 Å². The number of carbonyl (C=O) groups excluding carboxylic acids is 2. The van der Waals surface area contributed by atoms with Crippen LogP contribution in [0.3, 0.4) is 0 Å². The Hall–Kier alpha value is -4.39. The predicted molar refractivity (Wildman–Crippen MR) is 144 cm³/mol. The Kier molecular flexibility index (Phi) is 7.39. The lowest BCUT2D eigenvalue weighted by molar-refractivity contribution is -0.140. The van der Waals surface area contributed by atoms with Gasteiger partial charge in [-0.15, -0.1) is 0 Å². The maximum absolute atomic E-state index is 13.4. The van der Waals surface area contributed by atoms with Crippen molar-refractivity contribution in [3.8, 4) is 5.75 Å². The summed E-state index contributed by atoms with van der Waals surface area (Å²) < 4.78 is 5.80. The van der Waals surface area contributed by atoms with E-state index in [2.05, 4.69) is 0 Å². The monoisotopic (exact) mass is 513 g/mol. The molecule has 3 aromatic rings. The number of likely N-dealkylation sites (tertiary alicyclic amines) is 1. The van der Waals surface area contributed by atoms with E-state index >= 15 is 0 Å². The van der Waals surface area contributed by atoms with Crippen LogP contribution >= 0.6 is 0 Å². The molecule has 0 radical (unpaired) electrons. The highest BCUT2D eigenvalue weighted by atomic mass is 16.5. The molecule has 0 spiro atoms. The maximum atomic E-state index is 13.4. The Bertz CT molecular complexity index is 1400. The van der Waals surface area contributed by atoms with E-state index in [1.54, 1.807) is 30.3 Å². The van der Waals surface area contributed by atoms with Gasteiger partial charge >= 0.3 is 5.97 Å². The summed E-state index contributed by atoms with van der Waals surface area (Å²) in [6.07, 6.45) is 0. The molecule has 1 aliphatic rings. The van der Waals surface area contributed by atoms with Crippen LogP contribution in [0.25, 0.3) is 5.76 Å². The van der Waals surface area contributed by atoms with Gasteiger partial charge in [-0.3, -0.25) is 9.59 Å². The molecule has 1 fully saturated rings. The van der Waals surface area contributed by atoms with Gasteiger partial charge in [0.2, 0.25) is 0 Å². The van der Waals surface area contributed by atoms with E-state index in [0.29, 0.717) is 29.0 Å². The summed E-state index contributed by atoms with van der Waals surface area (Å²) in [6, 6.07) is 19.7. The number of nitrogens with zero attached hydrogens (tertiary/aromatic N) is 1. The molecule has 3 aromatic carbocycles. The molecule has 1 amide bonds. The fourth-order valence-corrected chi connectivity index (χ4v) is 4.67. The van der Waals surface area contributed by atoms with Gasteiger partial charge < -0.3 is 19.8 Å². The van der Waals surface area contributed by atoms with Crippen molar-refractivity contribution >= 4 is 23.4 Å². The second-order valence-electron chi connectivity index (χ2n) is 10.2. The van der Waals surface area contributed by atoms with Crippen LogP contribution in [0.5, 0.6) is 5.75 Å². The maximum Gasteiger partial charge on any atom is 0.335 e. The first kappa shape index (κ1) is 26.7. The van der Waals surface area contributed by atoms with E-state index in [0.717, 1.165) is 5.56 Å². The van der Waals surface area contributed by atoms with E-state index in [4.69, 9.17) is 4.74 Å². The van der Waals surface area contributed by atoms with Crippen LogP contribution in [-0.4, -0.2) is 39.4 Å². The number of rotatable bonds is 7. The van der Waals surface area contributed by atoms with E-state index in [1.807, 2.05) is 58.0 Å². The quantitative estimate of drug-likeness (QED) is 0.239. The number of ether oxygens (including phenoxy) is 1. The standard InChI is InChI=1S/C31H31NO6/c1-5-38-24-16-15-22(17-23(24)31(2,3)4)27(33)25-26(20-9-7-6-8-10-20)32(29(35)28(25)34)18-19-11-13-21(14-12-19)30(36)37/h6-17,26,33H,5,18H2,1-4H3,(H,36,37)/b27-25-. The first-order valence-electron chi connectivity index (χ1n) is 12.5. The average molecular weight is 514 g/mol. The zero-order valence-electron chi connectivity index (χ0n) is 21.9. The van der Waals surface area contributed by atoms with Gasteiger partial charge in [0, 0.05) is 17.7 Å². The van der Waals surface area contributed by atoms with Crippen LogP contribution < -0.4 is 4.74 Å². The second kappa shape index (κ2) is 10.5. The van der Waals surface area contributed by atoms with Gasteiger partial charge in [0.25, 0.3) is 11.7 Å². The van der Waals surface area contributed by atoms with Crippen LogP contribution in [0.15, 0.2) is 78.4 Å². The minimum Gasteiger partial charge on any atom is -0.507 e. The van der Waals surface area contributed by atoms with Crippen molar-refractivity contribution in [1.29, 1.82) is 0 Å². The smallest absolute Gasteiger partial charge is 0.335 e. The van der Waals surface area contributed by atoms with Crippen molar-refractivity contribution < 1.29 is 29.3 Å². The lowest BCUT2D eigenvalue weighted by Crippen LogP contribution is -2.29. The number of aliphatic hydroxyl groups is 1. The highest BCUT2D eigenvalue weighted by molar-refractivity contribution is 6.46. The molecule has 7 nitrogen and oxygen atoms in total. The first-order valence-corrected chi connectivity index (χ1v) is 12.5. The normalized spacial score (nSPS) is 17.1. The minimum absolute atomic E-state index is 0.00683. The number of Topliss-reactive ketones (excluding diaryl/α,β-unsaturated/α-hetero) is 1. The van der Waals surface area contributed by atoms with Crippen molar-refractivity contribution in [2.45, 2.75) is 45.7 Å². The highest BCUT2D eigenvalue weighted by Crippen LogP contribution is 2.41. The molecular formula is C31H31NO6.